The number of nitrogens with zero attached hydrogens (tertiary/aromatic N) is 1. The lowest BCUT2D eigenvalue weighted by atomic mass is 9.58. The van der Waals surface area contributed by atoms with Gasteiger partial charge in [0.1, 0.15) is 22.8 Å². The number of ketones is 2. The van der Waals surface area contributed by atoms with Gasteiger partial charge in [0.15, 0.2) is 11.4 Å². The van der Waals surface area contributed by atoms with Gasteiger partial charge in [-0.2, -0.15) is 0 Å². The summed E-state index contributed by atoms with van der Waals surface area (Å²) in [7, 11) is 3.18. The number of fused-ring (bicyclic) bond motifs is 3. The average Bonchev–Trinajstić information content (AvgIpc) is 2.72. The van der Waals surface area contributed by atoms with Crippen molar-refractivity contribution in [1.82, 2.24) is 4.90 Å². The van der Waals surface area contributed by atoms with Crippen LogP contribution in [-0.4, -0.2) is 75.1 Å². The molecule has 0 aliphatic heterocycles. The summed E-state index contributed by atoms with van der Waals surface area (Å²) in [6.07, 6.45) is 0.318. The molecule has 0 bridgehead atoms. The fourth-order valence-corrected chi connectivity index (χ4v) is 5.61. The van der Waals surface area contributed by atoms with Crippen LogP contribution in [0.1, 0.15) is 29.3 Å². The molecule has 1 aromatic carbocycles. The molecular formula is C23H28ClN3O7. The average molecular weight is 494 g/mol. The van der Waals surface area contributed by atoms with Gasteiger partial charge in [-0.25, -0.2) is 0 Å². The van der Waals surface area contributed by atoms with Crippen molar-refractivity contribution in [3.8, 4) is 5.75 Å². The number of hydrogen-bond acceptors (Lipinski definition) is 9. The molecular weight excluding hydrogens is 466 g/mol. The molecule has 7 N–H and O–H groups in total. The summed E-state index contributed by atoms with van der Waals surface area (Å²) < 4.78 is 0. The molecule has 0 saturated heterocycles. The topological polar surface area (TPSA) is 173 Å². The van der Waals surface area contributed by atoms with E-state index in [9.17, 15) is 34.8 Å². The van der Waals surface area contributed by atoms with Crippen LogP contribution in [0.3, 0.4) is 0 Å². The normalized spacial score (nSPS) is 28.2. The van der Waals surface area contributed by atoms with Crippen LogP contribution in [0.2, 0.25) is 0 Å². The Morgan fingerprint density at radius 2 is 1.88 bits per heavy atom. The van der Waals surface area contributed by atoms with Gasteiger partial charge in [0, 0.05) is 23.7 Å². The zero-order chi connectivity index (χ0) is 24.4. The van der Waals surface area contributed by atoms with E-state index in [1.54, 1.807) is 20.2 Å². The molecule has 4 rings (SSSR count). The molecule has 3 aliphatic rings. The number of carbonyl (C=O) groups is 3. The van der Waals surface area contributed by atoms with E-state index < -0.39 is 58.0 Å². The highest BCUT2D eigenvalue weighted by molar-refractivity contribution is 6.24. The first-order chi connectivity index (χ1) is 15.5. The molecule has 0 heterocycles. The second kappa shape index (κ2) is 8.61. The fourth-order valence-electron chi connectivity index (χ4n) is 5.61. The maximum atomic E-state index is 13.5. The van der Waals surface area contributed by atoms with Crippen molar-refractivity contribution in [2.24, 2.45) is 17.6 Å². The van der Waals surface area contributed by atoms with Crippen molar-refractivity contribution in [3.63, 3.8) is 0 Å². The highest BCUT2D eigenvalue weighted by Gasteiger charge is 2.63. The molecule has 3 aliphatic carbocycles. The van der Waals surface area contributed by atoms with E-state index >= 15 is 0 Å². The second-order valence-corrected chi connectivity index (χ2v) is 8.98. The van der Waals surface area contributed by atoms with Crippen LogP contribution in [0.5, 0.6) is 5.75 Å². The van der Waals surface area contributed by atoms with E-state index in [0.717, 1.165) is 0 Å². The van der Waals surface area contributed by atoms with E-state index in [1.165, 1.54) is 11.0 Å². The molecule has 11 heteroatoms. The molecule has 0 radical (unpaired) electrons. The quantitative estimate of drug-likeness (QED) is 0.264. The van der Waals surface area contributed by atoms with Crippen molar-refractivity contribution in [2.45, 2.75) is 31.4 Å². The van der Waals surface area contributed by atoms with Gasteiger partial charge in [0.2, 0.25) is 5.78 Å². The van der Waals surface area contributed by atoms with Crippen LogP contribution >= 0.6 is 12.4 Å². The van der Waals surface area contributed by atoms with E-state index in [2.05, 4.69) is 5.32 Å². The van der Waals surface area contributed by atoms with Crippen LogP contribution in [0.25, 0.3) is 0 Å². The Labute approximate surface area is 202 Å². The van der Waals surface area contributed by atoms with Gasteiger partial charge in [-0.3, -0.25) is 19.3 Å². The number of aromatic hydroxyl groups is 1. The van der Waals surface area contributed by atoms with Gasteiger partial charge >= 0.3 is 0 Å². The van der Waals surface area contributed by atoms with Crippen molar-refractivity contribution >= 4 is 35.6 Å². The molecule has 0 aromatic heterocycles. The van der Waals surface area contributed by atoms with Crippen LogP contribution < -0.4 is 11.1 Å². The lowest BCUT2D eigenvalue weighted by Crippen LogP contribution is -2.63. The van der Waals surface area contributed by atoms with E-state index in [-0.39, 0.29) is 42.1 Å². The number of rotatable bonds is 4. The lowest BCUT2D eigenvalue weighted by Gasteiger charge is -2.50. The number of carbonyl (C=O) groups excluding carboxylic acids is 3. The fraction of sp³-hybridized carbons (Fsp3) is 0.435. The highest BCUT2D eigenvalue weighted by Crippen LogP contribution is 2.52. The third-order valence-corrected chi connectivity index (χ3v) is 6.97. The standard InChI is InChI=1S/C23H27N3O7.ClH/c1-4-25-12-5-6-13(27)15-10(12)7-9-8-11-17(26(2)3)19(29)16(22(24)32)21(31)23(11,33)20(30)14(9)18(15)28;/h5-6,9,11,17,25,27,29-30,33H,4,7-8H2,1-3H3,(H2,24,32);1H/t9?,11?,17-,23?;/m0./s1. The molecule has 34 heavy (non-hydrogen) atoms. The summed E-state index contributed by atoms with van der Waals surface area (Å²) >= 11 is 0. The molecule has 0 spiro atoms. The number of phenolic OH excluding ortho intramolecular Hbond substituents is 1. The Hall–Kier alpha value is -3.08. The predicted molar refractivity (Wildman–Crippen MR) is 125 cm³/mol. The predicted octanol–water partition coefficient (Wildman–Crippen LogP) is 0.974. The van der Waals surface area contributed by atoms with Gasteiger partial charge in [-0.05, 0) is 57.5 Å². The molecule has 3 unspecified atom stereocenters. The maximum Gasteiger partial charge on any atom is 0.255 e. The monoisotopic (exact) mass is 493 g/mol. The largest absolute Gasteiger partial charge is 0.510 e. The molecule has 1 aromatic rings. The van der Waals surface area contributed by atoms with Gasteiger partial charge in [0.25, 0.3) is 5.91 Å². The number of amides is 1. The Morgan fingerprint density at radius 3 is 2.44 bits per heavy atom. The first-order valence-corrected chi connectivity index (χ1v) is 10.7. The van der Waals surface area contributed by atoms with Crippen LogP contribution in [0, 0.1) is 11.8 Å². The number of aliphatic hydroxyl groups is 3. The van der Waals surface area contributed by atoms with Crippen molar-refractivity contribution in [3.05, 3.63) is 45.9 Å². The van der Waals surface area contributed by atoms with Crippen molar-refractivity contribution in [1.29, 1.82) is 0 Å². The summed E-state index contributed by atoms with van der Waals surface area (Å²) in [6.45, 7) is 2.47. The van der Waals surface area contributed by atoms with Crippen LogP contribution in [-0.2, 0) is 16.0 Å². The first kappa shape index (κ1) is 25.5. The van der Waals surface area contributed by atoms with E-state index in [1.807, 2.05) is 6.92 Å². The van der Waals surface area contributed by atoms with Crippen molar-refractivity contribution < 1.29 is 34.8 Å². The Morgan fingerprint density at radius 1 is 1.24 bits per heavy atom. The Kier molecular flexibility index (Phi) is 6.47. The minimum Gasteiger partial charge on any atom is -0.510 e. The number of aliphatic hydroxyl groups excluding tert-OH is 2. The minimum atomic E-state index is -2.63. The number of hydrogen-bond donors (Lipinski definition) is 6. The molecule has 10 nitrogen and oxygen atoms in total. The third kappa shape index (κ3) is 3.28. The number of halogens is 1. The zero-order valence-electron chi connectivity index (χ0n) is 19.0. The summed E-state index contributed by atoms with van der Waals surface area (Å²) in [4.78, 5) is 40.1. The molecule has 184 valence electrons. The molecule has 0 saturated carbocycles. The smallest absolute Gasteiger partial charge is 0.255 e. The van der Waals surface area contributed by atoms with E-state index in [0.29, 0.717) is 17.8 Å². The maximum absolute atomic E-state index is 13.5. The number of primary amides is 1. The molecule has 1 amide bonds. The van der Waals surface area contributed by atoms with Gasteiger partial charge < -0.3 is 31.5 Å². The SMILES string of the molecule is CCNc1ccc(O)c2c1CC1CC3[C@H](N(C)C)C(O)=C(C(N)=O)C(=O)C3(O)C(O)=C1C2=O.Cl. The Balaban J connectivity index is 0.00000324. The summed E-state index contributed by atoms with van der Waals surface area (Å²) in [5.74, 6) is -6.54. The van der Waals surface area contributed by atoms with Crippen LogP contribution in [0.4, 0.5) is 5.69 Å². The van der Waals surface area contributed by atoms with Gasteiger partial charge in [-0.1, -0.05) is 0 Å². The number of allylic oxidation sites excluding steroid dienone is 1. The number of likely N-dealkylation sites (N-methyl/N-ethyl adjacent to an activating group) is 1. The zero-order valence-corrected chi connectivity index (χ0v) is 19.8. The van der Waals surface area contributed by atoms with E-state index in [4.69, 9.17) is 5.73 Å². The minimum absolute atomic E-state index is 0. The summed E-state index contributed by atoms with van der Waals surface area (Å²) in [6, 6.07) is 2.03. The van der Waals surface area contributed by atoms with Crippen LogP contribution in [0.15, 0.2) is 34.8 Å². The lowest BCUT2D eigenvalue weighted by molar-refractivity contribution is -0.148. The molecule has 0 fully saturated rings. The summed E-state index contributed by atoms with van der Waals surface area (Å²) in [5.41, 5.74) is 2.94. The van der Waals surface area contributed by atoms with Gasteiger partial charge in [-0.15, -0.1) is 12.4 Å². The third-order valence-electron chi connectivity index (χ3n) is 6.97. The number of Topliss-reactive ketones (excluding diaryl/α,β-unsaturated/α-hetero) is 2. The molecule has 4 atom stereocenters. The number of phenols is 1. The number of nitrogens with two attached hydrogens (primary N) is 1. The Bertz CT molecular complexity index is 1160. The number of anilines is 1. The first-order valence-electron chi connectivity index (χ1n) is 10.7. The van der Waals surface area contributed by atoms with Gasteiger partial charge in [0.05, 0.1) is 11.6 Å². The number of benzene rings is 1. The highest BCUT2D eigenvalue weighted by atomic mass is 35.5. The summed E-state index contributed by atoms with van der Waals surface area (Å²) in [5, 5.41) is 47.0. The number of nitrogens with one attached hydrogen (secondary N) is 1. The van der Waals surface area contributed by atoms with Crippen molar-refractivity contribution in [2.75, 3.05) is 26.0 Å². The second-order valence-electron chi connectivity index (χ2n) is 8.98.